The van der Waals surface area contributed by atoms with E-state index in [0.717, 1.165) is 11.1 Å². The van der Waals surface area contributed by atoms with Crippen molar-refractivity contribution in [3.63, 3.8) is 0 Å². The van der Waals surface area contributed by atoms with E-state index in [1.54, 1.807) is 0 Å². The molecule has 1 amide bonds. The van der Waals surface area contributed by atoms with Crippen LogP contribution < -0.4 is 14.8 Å². The SMILES string of the molecule is COc1cc(C(=O)O)ccc1OCCNC(=O)OCC1c2ccccc2-c2ccccc21. The summed E-state index contributed by atoms with van der Waals surface area (Å²) in [5.41, 5.74) is 4.76. The number of nitrogens with one attached hydrogen (secondary N) is 1. The van der Waals surface area contributed by atoms with E-state index in [2.05, 4.69) is 29.6 Å². The van der Waals surface area contributed by atoms with Crippen molar-refractivity contribution in [1.29, 1.82) is 0 Å². The summed E-state index contributed by atoms with van der Waals surface area (Å²) in [6.07, 6.45) is -0.524. The van der Waals surface area contributed by atoms with Gasteiger partial charge >= 0.3 is 12.1 Å². The van der Waals surface area contributed by atoms with Gasteiger partial charge in [0.1, 0.15) is 13.2 Å². The lowest BCUT2D eigenvalue weighted by Gasteiger charge is -2.15. The molecule has 0 heterocycles. The van der Waals surface area contributed by atoms with E-state index in [1.165, 1.54) is 36.4 Å². The smallest absolute Gasteiger partial charge is 0.407 e. The zero-order valence-electron chi connectivity index (χ0n) is 17.5. The Morgan fingerprint density at radius 2 is 1.59 bits per heavy atom. The summed E-state index contributed by atoms with van der Waals surface area (Å²) in [4.78, 5) is 23.3. The molecule has 0 bridgehead atoms. The predicted molar refractivity (Wildman–Crippen MR) is 119 cm³/mol. The minimum absolute atomic E-state index is 0.00131. The average Bonchev–Trinajstić information content (AvgIpc) is 3.14. The number of fused-ring (bicyclic) bond motifs is 3. The van der Waals surface area contributed by atoms with Gasteiger partial charge in [0.2, 0.25) is 0 Å². The topological polar surface area (TPSA) is 94.1 Å². The van der Waals surface area contributed by atoms with Crippen molar-refractivity contribution in [1.82, 2.24) is 5.32 Å². The second-order valence-electron chi connectivity index (χ2n) is 7.27. The first-order valence-electron chi connectivity index (χ1n) is 10.2. The molecule has 0 fully saturated rings. The number of amides is 1. The standard InChI is InChI=1S/C25H23NO6/c1-30-23-14-16(24(27)28)10-11-22(23)31-13-12-26-25(29)32-15-21-19-8-4-2-6-17(19)18-7-3-5-9-20(18)21/h2-11,14,21H,12-13,15H2,1H3,(H,26,29)(H,27,28). The molecule has 0 aliphatic heterocycles. The molecule has 32 heavy (non-hydrogen) atoms. The molecular formula is C25H23NO6. The summed E-state index contributed by atoms with van der Waals surface area (Å²) >= 11 is 0. The van der Waals surface area contributed by atoms with Crippen LogP contribution in [0.15, 0.2) is 66.7 Å². The Bertz CT molecular complexity index is 1100. The van der Waals surface area contributed by atoms with Crippen LogP contribution in [0.25, 0.3) is 11.1 Å². The van der Waals surface area contributed by atoms with Crippen LogP contribution in [0.5, 0.6) is 11.5 Å². The van der Waals surface area contributed by atoms with Crippen LogP contribution in [0.1, 0.15) is 27.4 Å². The van der Waals surface area contributed by atoms with Crippen molar-refractivity contribution in [2.24, 2.45) is 0 Å². The number of ether oxygens (including phenoxy) is 3. The summed E-state index contributed by atoms with van der Waals surface area (Å²) in [6.45, 7) is 0.638. The van der Waals surface area contributed by atoms with E-state index in [1.807, 2.05) is 24.3 Å². The zero-order chi connectivity index (χ0) is 22.5. The lowest BCUT2D eigenvalue weighted by atomic mass is 9.98. The summed E-state index contributed by atoms with van der Waals surface area (Å²) in [5.74, 6) is -0.342. The molecule has 0 aromatic heterocycles. The van der Waals surface area contributed by atoms with Gasteiger partial charge < -0.3 is 24.6 Å². The molecule has 3 aromatic carbocycles. The number of hydrogen-bond donors (Lipinski definition) is 2. The van der Waals surface area contributed by atoms with E-state index in [-0.39, 0.29) is 31.2 Å². The monoisotopic (exact) mass is 433 g/mol. The summed E-state index contributed by atoms with van der Waals surface area (Å²) in [5, 5.41) is 11.7. The lowest BCUT2D eigenvalue weighted by molar-refractivity contribution is 0.0696. The van der Waals surface area contributed by atoms with Crippen LogP contribution in [0, 0.1) is 0 Å². The average molecular weight is 433 g/mol. The third-order valence-corrected chi connectivity index (χ3v) is 5.38. The molecule has 0 saturated heterocycles. The normalized spacial score (nSPS) is 11.9. The van der Waals surface area contributed by atoms with Crippen molar-refractivity contribution >= 4 is 12.1 Å². The largest absolute Gasteiger partial charge is 0.493 e. The molecule has 164 valence electrons. The predicted octanol–water partition coefficient (Wildman–Crippen LogP) is 4.31. The fraction of sp³-hybridized carbons (Fsp3) is 0.200. The highest BCUT2D eigenvalue weighted by atomic mass is 16.5. The van der Waals surface area contributed by atoms with E-state index in [4.69, 9.17) is 19.3 Å². The first kappa shape index (κ1) is 21.2. The maximum absolute atomic E-state index is 12.2. The molecule has 4 rings (SSSR count). The highest BCUT2D eigenvalue weighted by Crippen LogP contribution is 2.44. The number of hydrogen-bond acceptors (Lipinski definition) is 5. The first-order chi connectivity index (χ1) is 15.6. The van der Waals surface area contributed by atoms with E-state index < -0.39 is 12.1 Å². The second-order valence-corrected chi connectivity index (χ2v) is 7.27. The number of benzene rings is 3. The number of aromatic carboxylic acids is 1. The molecule has 7 heteroatoms. The second kappa shape index (κ2) is 9.43. The van der Waals surface area contributed by atoms with Gasteiger partial charge in [-0.05, 0) is 40.5 Å². The summed E-state index contributed by atoms with van der Waals surface area (Å²) < 4.78 is 16.2. The van der Waals surface area contributed by atoms with E-state index >= 15 is 0 Å². The number of alkyl carbamates (subject to hydrolysis) is 1. The molecule has 0 radical (unpaired) electrons. The highest BCUT2D eigenvalue weighted by molar-refractivity contribution is 5.88. The van der Waals surface area contributed by atoms with Gasteiger partial charge in [0.25, 0.3) is 0 Å². The third-order valence-electron chi connectivity index (χ3n) is 5.38. The van der Waals surface area contributed by atoms with Gasteiger partial charge in [-0.25, -0.2) is 9.59 Å². The van der Waals surface area contributed by atoms with Crippen LogP contribution in [-0.2, 0) is 4.74 Å². The molecule has 1 aliphatic rings. The van der Waals surface area contributed by atoms with E-state index in [9.17, 15) is 9.59 Å². The summed E-state index contributed by atoms with van der Waals surface area (Å²) in [7, 11) is 1.43. The van der Waals surface area contributed by atoms with Crippen LogP contribution in [0.3, 0.4) is 0 Å². The molecule has 3 aromatic rings. The van der Waals surface area contributed by atoms with Crippen LogP contribution in [0.2, 0.25) is 0 Å². The molecule has 0 spiro atoms. The number of methoxy groups -OCH3 is 1. The number of carboxylic acids is 1. The minimum atomic E-state index is -1.05. The van der Waals surface area contributed by atoms with Gasteiger partial charge in [-0.2, -0.15) is 0 Å². The van der Waals surface area contributed by atoms with Crippen molar-refractivity contribution in [3.8, 4) is 22.6 Å². The Morgan fingerprint density at radius 1 is 0.938 bits per heavy atom. The number of carbonyl (C=O) groups excluding carboxylic acids is 1. The third kappa shape index (κ3) is 4.37. The van der Waals surface area contributed by atoms with Crippen molar-refractivity contribution in [2.45, 2.75) is 5.92 Å². The molecule has 2 N–H and O–H groups in total. The first-order valence-corrected chi connectivity index (χ1v) is 10.2. The zero-order valence-corrected chi connectivity index (χ0v) is 17.5. The van der Waals surface area contributed by atoms with Gasteiger partial charge in [0.15, 0.2) is 11.5 Å². The minimum Gasteiger partial charge on any atom is -0.493 e. The maximum Gasteiger partial charge on any atom is 0.407 e. The van der Waals surface area contributed by atoms with Gasteiger partial charge in [-0.15, -0.1) is 0 Å². The van der Waals surface area contributed by atoms with Crippen molar-refractivity contribution in [3.05, 3.63) is 83.4 Å². The van der Waals surface area contributed by atoms with Gasteiger partial charge in [-0.3, -0.25) is 0 Å². The van der Waals surface area contributed by atoms with Gasteiger partial charge in [0, 0.05) is 5.92 Å². The van der Waals surface area contributed by atoms with Crippen LogP contribution >= 0.6 is 0 Å². The Balaban J connectivity index is 1.28. The number of carbonyl (C=O) groups is 2. The quantitative estimate of drug-likeness (QED) is 0.514. The fourth-order valence-electron chi connectivity index (χ4n) is 3.88. The Morgan fingerprint density at radius 3 is 2.22 bits per heavy atom. The molecule has 1 aliphatic carbocycles. The molecule has 0 unspecified atom stereocenters. The van der Waals surface area contributed by atoms with Crippen molar-refractivity contribution in [2.75, 3.05) is 26.9 Å². The molecule has 7 nitrogen and oxygen atoms in total. The Hall–Kier alpha value is -4.00. The molecule has 0 saturated carbocycles. The number of carboxylic acid groups (broad SMARTS) is 1. The number of rotatable bonds is 8. The summed E-state index contributed by atoms with van der Waals surface area (Å²) in [6, 6.07) is 20.7. The van der Waals surface area contributed by atoms with Crippen LogP contribution in [-0.4, -0.2) is 44.0 Å². The fourth-order valence-corrected chi connectivity index (χ4v) is 3.88. The highest BCUT2D eigenvalue weighted by Gasteiger charge is 2.28. The van der Waals surface area contributed by atoms with Gasteiger partial charge in [-0.1, -0.05) is 48.5 Å². The Labute approximate surface area is 185 Å². The van der Waals surface area contributed by atoms with E-state index in [0.29, 0.717) is 11.5 Å². The molecule has 0 atom stereocenters. The molecular weight excluding hydrogens is 410 g/mol. The van der Waals surface area contributed by atoms with Gasteiger partial charge in [0.05, 0.1) is 19.2 Å². The Kier molecular flexibility index (Phi) is 6.26. The maximum atomic E-state index is 12.2. The lowest BCUT2D eigenvalue weighted by Crippen LogP contribution is -2.30. The van der Waals surface area contributed by atoms with Crippen molar-refractivity contribution < 1.29 is 28.9 Å². The van der Waals surface area contributed by atoms with Crippen LogP contribution in [0.4, 0.5) is 4.79 Å².